The molecule has 0 aliphatic carbocycles. The van der Waals surface area contributed by atoms with Gasteiger partial charge in [-0.15, -0.1) is 0 Å². The molecule has 0 saturated heterocycles. The van der Waals surface area contributed by atoms with Gasteiger partial charge in [-0.05, 0) is 18.4 Å². The SMILES string of the molecule is CCC(C(=O)NC(CCO)COC)c1ccccc1. The van der Waals surface area contributed by atoms with Crippen molar-refractivity contribution in [3.05, 3.63) is 35.9 Å². The smallest absolute Gasteiger partial charge is 0.227 e. The average Bonchev–Trinajstić information content (AvgIpc) is 2.41. The van der Waals surface area contributed by atoms with Crippen molar-refractivity contribution >= 4 is 5.91 Å². The van der Waals surface area contributed by atoms with E-state index >= 15 is 0 Å². The van der Waals surface area contributed by atoms with Gasteiger partial charge in [0.05, 0.1) is 18.6 Å². The summed E-state index contributed by atoms with van der Waals surface area (Å²) in [6.07, 6.45) is 1.25. The number of nitrogens with one attached hydrogen (secondary N) is 1. The molecule has 1 amide bonds. The van der Waals surface area contributed by atoms with Crippen molar-refractivity contribution in [1.82, 2.24) is 5.32 Å². The molecule has 0 bridgehead atoms. The predicted octanol–water partition coefficient (Wildman–Crippen LogP) is 1.69. The minimum Gasteiger partial charge on any atom is -0.396 e. The number of ether oxygens (including phenoxy) is 1. The number of carbonyl (C=O) groups excluding carboxylic acids is 1. The number of carbonyl (C=O) groups is 1. The van der Waals surface area contributed by atoms with E-state index in [1.54, 1.807) is 7.11 Å². The molecule has 1 aromatic carbocycles. The first kappa shape index (κ1) is 15.7. The lowest BCUT2D eigenvalue weighted by Gasteiger charge is -2.21. The first-order chi connectivity index (χ1) is 9.22. The highest BCUT2D eigenvalue weighted by Gasteiger charge is 2.21. The van der Waals surface area contributed by atoms with Crippen LogP contribution >= 0.6 is 0 Å². The Morgan fingerprint density at radius 1 is 1.37 bits per heavy atom. The summed E-state index contributed by atoms with van der Waals surface area (Å²) in [5, 5.41) is 11.9. The highest BCUT2D eigenvalue weighted by Crippen LogP contribution is 2.19. The number of rotatable bonds is 8. The van der Waals surface area contributed by atoms with Gasteiger partial charge in [0, 0.05) is 13.7 Å². The number of benzene rings is 1. The van der Waals surface area contributed by atoms with Gasteiger partial charge in [0.25, 0.3) is 0 Å². The molecule has 0 aliphatic rings. The van der Waals surface area contributed by atoms with Crippen LogP contribution in [-0.4, -0.2) is 37.4 Å². The van der Waals surface area contributed by atoms with Crippen molar-refractivity contribution in [1.29, 1.82) is 0 Å². The lowest BCUT2D eigenvalue weighted by molar-refractivity contribution is -0.123. The van der Waals surface area contributed by atoms with Crippen LogP contribution in [0.2, 0.25) is 0 Å². The molecule has 0 aromatic heterocycles. The largest absolute Gasteiger partial charge is 0.396 e. The van der Waals surface area contributed by atoms with E-state index in [-0.39, 0.29) is 24.5 Å². The summed E-state index contributed by atoms with van der Waals surface area (Å²) in [7, 11) is 1.59. The third-order valence-corrected chi connectivity index (χ3v) is 3.12. The molecule has 1 rings (SSSR count). The molecule has 0 spiro atoms. The zero-order valence-electron chi connectivity index (χ0n) is 11.6. The number of aliphatic hydroxyl groups is 1. The Hall–Kier alpha value is -1.39. The fraction of sp³-hybridized carbons (Fsp3) is 0.533. The van der Waals surface area contributed by atoms with Gasteiger partial charge >= 0.3 is 0 Å². The maximum absolute atomic E-state index is 12.3. The molecule has 0 fully saturated rings. The van der Waals surface area contributed by atoms with E-state index in [4.69, 9.17) is 9.84 Å². The van der Waals surface area contributed by atoms with Crippen molar-refractivity contribution in [3.63, 3.8) is 0 Å². The molecule has 4 nitrogen and oxygen atoms in total. The molecule has 2 atom stereocenters. The molecular weight excluding hydrogens is 242 g/mol. The molecule has 2 N–H and O–H groups in total. The molecule has 1 aromatic rings. The van der Waals surface area contributed by atoms with E-state index < -0.39 is 0 Å². The fourth-order valence-corrected chi connectivity index (χ4v) is 2.11. The fourth-order valence-electron chi connectivity index (χ4n) is 2.11. The van der Waals surface area contributed by atoms with Crippen LogP contribution in [0.1, 0.15) is 31.2 Å². The Balaban J connectivity index is 2.68. The maximum atomic E-state index is 12.3. The van der Waals surface area contributed by atoms with Crippen molar-refractivity contribution in [2.24, 2.45) is 0 Å². The van der Waals surface area contributed by atoms with Gasteiger partial charge in [-0.25, -0.2) is 0 Å². The summed E-state index contributed by atoms with van der Waals surface area (Å²) in [5.74, 6) is -0.163. The van der Waals surface area contributed by atoms with Crippen LogP contribution in [0.25, 0.3) is 0 Å². The molecule has 19 heavy (non-hydrogen) atoms. The second-order valence-corrected chi connectivity index (χ2v) is 4.54. The van der Waals surface area contributed by atoms with E-state index in [1.165, 1.54) is 0 Å². The van der Waals surface area contributed by atoms with E-state index in [1.807, 2.05) is 37.3 Å². The molecular formula is C15H23NO3. The van der Waals surface area contributed by atoms with Gasteiger partial charge in [-0.1, -0.05) is 37.3 Å². The second kappa shape index (κ2) is 8.67. The Morgan fingerprint density at radius 2 is 2.05 bits per heavy atom. The topological polar surface area (TPSA) is 58.6 Å². The quantitative estimate of drug-likeness (QED) is 0.752. The summed E-state index contributed by atoms with van der Waals surface area (Å²) in [6, 6.07) is 9.60. The molecule has 4 heteroatoms. The molecule has 0 heterocycles. The summed E-state index contributed by atoms with van der Waals surface area (Å²) in [5.41, 5.74) is 1.02. The number of aliphatic hydroxyl groups excluding tert-OH is 1. The van der Waals surface area contributed by atoms with E-state index in [9.17, 15) is 4.79 Å². The number of hydrogen-bond donors (Lipinski definition) is 2. The van der Waals surface area contributed by atoms with Gasteiger partial charge in [0.2, 0.25) is 5.91 Å². The zero-order chi connectivity index (χ0) is 14.1. The van der Waals surface area contributed by atoms with Crippen molar-refractivity contribution < 1.29 is 14.6 Å². The lowest BCUT2D eigenvalue weighted by Crippen LogP contribution is -2.41. The average molecular weight is 265 g/mol. The minimum absolute atomic E-state index is 0.01000. The van der Waals surface area contributed by atoms with E-state index in [0.717, 1.165) is 12.0 Å². The molecule has 0 aliphatic heterocycles. The summed E-state index contributed by atoms with van der Waals surface area (Å²) in [4.78, 5) is 12.3. The summed E-state index contributed by atoms with van der Waals surface area (Å²) >= 11 is 0. The molecule has 0 radical (unpaired) electrons. The maximum Gasteiger partial charge on any atom is 0.227 e. The predicted molar refractivity (Wildman–Crippen MR) is 75.0 cm³/mol. The Kier molecular flexibility index (Phi) is 7.15. The van der Waals surface area contributed by atoms with E-state index in [2.05, 4.69) is 5.32 Å². The minimum atomic E-state index is -0.153. The first-order valence-corrected chi connectivity index (χ1v) is 6.68. The van der Waals surface area contributed by atoms with Crippen LogP contribution in [0, 0.1) is 0 Å². The van der Waals surface area contributed by atoms with Gasteiger partial charge < -0.3 is 15.2 Å². The van der Waals surface area contributed by atoms with Crippen LogP contribution in [0.15, 0.2) is 30.3 Å². The van der Waals surface area contributed by atoms with Crippen LogP contribution in [-0.2, 0) is 9.53 Å². The summed E-state index contributed by atoms with van der Waals surface area (Å²) in [6.45, 7) is 2.45. The number of amides is 1. The van der Waals surface area contributed by atoms with Crippen molar-refractivity contribution in [2.45, 2.75) is 31.7 Å². The Bertz CT molecular complexity index is 361. The number of hydrogen-bond acceptors (Lipinski definition) is 3. The molecule has 2 unspecified atom stereocenters. The van der Waals surface area contributed by atoms with Crippen molar-refractivity contribution in [2.75, 3.05) is 20.3 Å². The van der Waals surface area contributed by atoms with Gasteiger partial charge in [0.15, 0.2) is 0 Å². The van der Waals surface area contributed by atoms with Gasteiger partial charge in [-0.3, -0.25) is 4.79 Å². The number of methoxy groups -OCH3 is 1. The highest BCUT2D eigenvalue weighted by molar-refractivity contribution is 5.83. The second-order valence-electron chi connectivity index (χ2n) is 4.54. The summed E-state index contributed by atoms with van der Waals surface area (Å²) < 4.78 is 5.05. The molecule has 0 saturated carbocycles. The monoisotopic (exact) mass is 265 g/mol. The zero-order valence-corrected chi connectivity index (χ0v) is 11.6. The Labute approximate surface area is 114 Å². The Morgan fingerprint density at radius 3 is 2.58 bits per heavy atom. The molecule has 106 valence electrons. The van der Waals surface area contributed by atoms with Crippen LogP contribution in [0.4, 0.5) is 0 Å². The van der Waals surface area contributed by atoms with Gasteiger partial charge in [0.1, 0.15) is 0 Å². The third kappa shape index (κ3) is 5.01. The highest BCUT2D eigenvalue weighted by atomic mass is 16.5. The lowest BCUT2D eigenvalue weighted by atomic mass is 9.95. The van der Waals surface area contributed by atoms with Crippen LogP contribution in [0.5, 0.6) is 0 Å². The normalized spacial score (nSPS) is 13.8. The standard InChI is InChI=1S/C15H23NO3/c1-3-14(12-7-5-4-6-8-12)15(18)16-13(9-10-17)11-19-2/h4-8,13-14,17H,3,9-11H2,1-2H3,(H,16,18). The first-order valence-electron chi connectivity index (χ1n) is 6.68. The third-order valence-electron chi connectivity index (χ3n) is 3.12. The van der Waals surface area contributed by atoms with Crippen LogP contribution in [0.3, 0.4) is 0 Å². The van der Waals surface area contributed by atoms with E-state index in [0.29, 0.717) is 13.0 Å². The van der Waals surface area contributed by atoms with Crippen molar-refractivity contribution in [3.8, 4) is 0 Å². The van der Waals surface area contributed by atoms with Gasteiger partial charge in [-0.2, -0.15) is 0 Å². The van der Waals surface area contributed by atoms with Crippen LogP contribution < -0.4 is 5.32 Å².